The van der Waals surface area contributed by atoms with E-state index in [4.69, 9.17) is 4.74 Å². The third-order valence-corrected chi connectivity index (χ3v) is 4.48. The summed E-state index contributed by atoms with van der Waals surface area (Å²) in [5.74, 6) is 0.928. The van der Waals surface area contributed by atoms with E-state index in [0.29, 0.717) is 5.41 Å². The van der Waals surface area contributed by atoms with E-state index in [9.17, 15) is 0 Å². The van der Waals surface area contributed by atoms with E-state index >= 15 is 0 Å². The molecule has 1 saturated carbocycles. The topological polar surface area (TPSA) is 21.3 Å². The third-order valence-electron chi connectivity index (χ3n) is 4.48. The first kappa shape index (κ1) is 12.4. The van der Waals surface area contributed by atoms with E-state index in [0.717, 1.165) is 25.7 Å². The van der Waals surface area contributed by atoms with Crippen LogP contribution in [0.25, 0.3) is 0 Å². The van der Waals surface area contributed by atoms with Crippen LogP contribution in [0.2, 0.25) is 0 Å². The molecule has 1 heterocycles. The summed E-state index contributed by atoms with van der Waals surface area (Å²) in [4.78, 5) is 0. The zero-order valence-corrected chi connectivity index (χ0v) is 10.8. The van der Waals surface area contributed by atoms with Crippen molar-refractivity contribution in [1.29, 1.82) is 0 Å². The minimum absolute atomic E-state index is 0.476. The molecule has 1 saturated heterocycles. The first-order valence-electron chi connectivity index (χ1n) is 7.16. The third kappa shape index (κ3) is 2.78. The summed E-state index contributed by atoms with van der Waals surface area (Å²) in [5.41, 5.74) is 0.476. The van der Waals surface area contributed by atoms with Crippen molar-refractivity contribution < 1.29 is 4.74 Å². The van der Waals surface area contributed by atoms with Crippen molar-refractivity contribution in [2.75, 3.05) is 26.3 Å². The van der Waals surface area contributed by atoms with Crippen molar-refractivity contribution in [3.63, 3.8) is 0 Å². The van der Waals surface area contributed by atoms with Crippen LogP contribution in [0.1, 0.15) is 51.9 Å². The summed E-state index contributed by atoms with van der Waals surface area (Å²) in [5, 5.41) is 3.64. The molecule has 1 aliphatic carbocycles. The van der Waals surface area contributed by atoms with Crippen molar-refractivity contribution >= 4 is 0 Å². The molecule has 0 amide bonds. The molecular formula is C14H27NO. The van der Waals surface area contributed by atoms with Crippen LogP contribution in [-0.2, 0) is 4.74 Å². The molecule has 2 heteroatoms. The van der Waals surface area contributed by atoms with E-state index in [1.165, 1.54) is 51.5 Å². The Labute approximate surface area is 100 Å². The molecule has 0 spiro atoms. The summed E-state index contributed by atoms with van der Waals surface area (Å²) in [7, 11) is 0. The van der Waals surface area contributed by atoms with Gasteiger partial charge in [0.2, 0.25) is 0 Å². The fourth-order valence-corrected chi connectivity index (χ4v) is 3.53. The Morgan fingerprint density at radius 2 is 2.06 bits per heavy atom. The molecule has 0 aromatic rings. The van der Waals surface area contributed by atoms with E-state index in [1.54, 1.807) is 0 Å². The maximum Gasteiger partial charge on any atom is 0.0537 e. The van der Waals surface area contributed by atoms with Gasteiger partial charge in [-0.05, 0) is 44.6 Å². The Hall–Kier alpha value is -0.0800. The molecule has 1 atom stereocenters. The Kier molecular flexibility index (Phi) is 4.66. The monoisotopic (exact) mass is 225 g/mol. The maximum atomic E-state index is 5.79. The zero-order valence-electron chi connectivity index (χ0n) is 10.8. The normalized spacial score (nSPS) is 32.1. The van der Waals surface area contributed by atoms with Gasteiger partial charge in [-0.2, -0.15) is 0 Å². The number of ether oxygens (including phenoxy) is 1. The van der Waals surface area contributed by atoms with Gasteiger partial charge in [0.05, 0.1) is 6.61 Å². The number of rotatable bonds is 5. The lowest BCUT2D eigenvalue weighted by molar-refractivity contribution is -0.0403. The number of nitrogens with one attached hydrogen (secondary N) is 1. The predicted molar refractivity (Wildman–Crippen MR) is 67.6 cm³/mol. The summed E-state index contributed by atoms with van der Waals surface area (Å²) in [6.45, 7) is 6.59. The van der Waals surface area contributed by atoms with Crippen molar-refractivity contribution in [3.05, 3.63) is 0 Å². The van der Waals surface area contributed by atoms with Crippen LogP contribution in [0.4, 0.5) is 0 Å². The molecule has 0 radical (unpaired) electrons. The van der Waals surface area contributed by atoms with Gasteiger partial charge in [-0.25, -0.2) is 0 Å². The van der Waals surface area contributed by atoms with E-state index < -0.39 is 0 Å². The molecular weight excluding hydrogens is 198 g/mol. The molecule has 1 unspecified atom stereocenters. The second-order valence-corrected chi connectivity index (χ2v) is 5.68. The highest BCUT2D eigenvalue weighted by Crippen LogP contribution is 2.44. The quantitative estimate of drug-likeness (QED) is 0.726. The molecule has 0 bridgehead atoms. The molecule has 0 aromatic heterocycles. The molecule has 2 fully saturated rings. The first-order chi connectivity index (χ1) is 7.87. The molecule has 2 aliphatic rings. The molecule has 1 N–H and O–H groups in total. The van der Waals surface area contributed by atoms with Crippen LogP contribution >= 0.6 is 0 Å². The van der Waals surface area contributed by atoms with Gasteiger partial charge < -0.3 is 10.1 Å². The summed E-state index contributed by atoms with van der Waals surface area (Å²) in [6.07, 6.45) is 9.66. The highest BCUT2D eigenvalue weighted by molar-refractivity contribution is 4.92. The van der Waals surface area contributed by atoms with Gasteiger partial charge >= 0.3 is 0 Å². The second kappa shape index (κ2) is 6.02. The molecule has 1 aliphatic heterocycles. The average Bonchev–Trinajstić information content (AvgIpc) is 2.85. The highest BCUT2D eigenvalue weighted by Gasteiger charge is 2.41. The van der Waals surface area contributed by atoms with Gasteiger partial charge in [-0.1, -0.05) is 19.8 Å². The van der Waals surface area contributed by atoms with Gasteiger partial charge in [0.1, 0.15) is 0 Å². The van der Waals surface area contributed by atoms with Crippen molar-refractivity contribution in [2.45, 2.75) is 51.9 Å². The van der Waals surface area contributed by atoms with Crippen LogP contribution in [0.3, 0.4) is 0 Å². The van der Waals surface area contributed by atoms with Crippen molar-refractivity contribution in [2.24, 2.45) is 11.3 Å². The minimum Gasteiger partial charge on any atom is -0.381 e. The smallest absolute Gasteiger partial charge is 0.0537 e. The van der Waals surface area contributed by atoms with Crippen LogP contribution < -0.4 is 5.32 Å². The van der Waals surface area contributed by atoms with Crippen LogP contribution in [-0.4, -0.2) is 26.3 Å². The Bertz CT molecular complexity index is 193. The summed E-state index contributed by atoms with van der Waals surface area (Å²) in [6, 6.07) is 0. The second-order valence-electron chi connectivity index (χ2n) is 5.68. The van der Waals surface area contributed by atoms with Crippen LogP contribution in [0, 0.1) is 11.3 Å². The fraction of sp³-hybridized carbons (Fsp3) is 1.00. The van der Waals surface area contributed by atoms with Gasteiger partial charge in [-0.3, -0.25) is 0 Å². The SMILES string of the molecule is CCCNCC1(C2CCCC2)CCCOC1. The van der Waals surface area contributed by atoms with E-state index in [2.05, 4.69) is 12.2 Å². The summed E-state index contributed by atoms with van der Waals surface area (Å²) < 4.78 is 5.79. The van der Waals surface area contributed by atoms with E-state index in [-0.39, 0.29) is 0 Å². The molecule has 16 heavy (non-hydrogen) atoms. The lowest BCUT2D eigenvalue weighted by Crippen LogP contribution is -2.45. The van der Waals surface area contributed by atoms with Gasteiger partial charge in [-0.15, -0.1) is 0 Å². The van der Waals surface area contributed by atoms with Crippen LogP contribution in [0.15, 0.2) is 0 Å². The van der Waals surface area contributed by atoms with Gasteiger partial charge in [0.15, 0.2) is 0 Å². The van der Waals surface area contributed by atoms with Crippen LogP contribution in [0.5, 0.6) is 0 Å². The minimum atomic E-state index is 0.476. The van der Waals surface area contributed by atoms with Gasteiger partial charge in [0, 0.05) is 18.6 Å². The largest absolute Gasteiger partial charge is 0.381 e. The first-order valence-corrected chi connectivity index (χ1v) is 7.16. The summed E-state index contributed by atoms with van der Waals surface area (Å²) >= 11 is 0. The fourth-order valence-electron chi connectivity index (χ4n) is 3.53. The number of hydrogen-bond donors (Lipinski definition) is 1. The maximum absolute atomic E-state index is 5.79. The molecule has 0 aromatic carbocycles. The predicted octanol–water partition coefficient (Wildman–Crippen LogP) is 2.97. The molecule has 94 valence electrons. The van der Waals surface area contributed by atoms with Crippen molar-refractivity contribution in [3.8, 4) is 0 Å². The Morgan fingerprint density at radius 3 is 2.69 bits per heavy atom. The molecule has 2 rings (SSSR count). The Balaban J connectivity index is 1.93. The Morgan fingerprint density at radius 1 is 1.25 bits per heavy atom. The molecule has 2 nitrogen and oxygen atoms in total. The lowest BCUT2D eigenvalue weighted by Gasteiger charge is -2.42. The standard InChI is InChI=1S/C14H27NO/c1-2-9-15-11-14(8-5-10-16-12-14)13-6-3-4-7-13/h13,15H,2-12H2,1H3. The van der Waals surface area contributed by atoms with Gasteiger partial charge in [0.25, 0.3) is 0 Å². The van der Waals surface area contributed by atoms with Crippen molar-refractivity contribution in [1.82, 2.24) is 5.32 Å². The lowest BCUT2D eigenvalue weighted by atomic mass is 9.70. The zero-order chi connectivity index (χ0) is 11.3. The van der Waals surface area contributed by atoms with E-state index in [1.807, 2.05) is 0 Å². The highest BCUT2D eigenvalue weighted by atomic mass is 16.5. The average molecular weight is 225 g/mol. The number of hydrogen-bond acceptors (Lipinski definition) is 2.